The van der Waals surface area contributed by atoms with Gasteiger partial charge in [-0.15, -0.1) is 0 Å². The van der Waals surface area contributed by atoms with Crippen molar-refractivity contribution in [2.75, 3.05) is 0 Å². The van der Waals surface area contributed by atoms with E-state index < -0.39 is 0 Å². The van der Waals surface area contributed by atoms with Gasteiger partial charge in [0.05, 0.1) is 6.61 Å². The van der Waals surface area contributed by atoms with E-state index >= 15 is 0 Å². The topological polar surface area (TPSA) is 20.2 Å². The maximum Gasteiger partial charge on any atom is 0.0682 e. The number of hydrogen-bond donors (Lipinski definition) is 1. The molecule has 11 heavy (non-hydrogen) atoms. The van der Waals surface area contributed by atoms with Gasteiger partial charge in [0.15, 0.2) is 0 Å². The summed E-state index contributed by atoms with van der Waals surface area (Å²) in [5.74, 6) is 0. The second-order valence-electron chi connectivity index (χ2n) is 2.84. The fourth-order valence-corrected chi connectivity index (χ4v) is 1.24. The third-order valence-corrected chi connectivity index (χ3v) is 1.79. The molecule has 0 aromatic heterocycles. The van der Waals surface area contributed by atoms with Gasteiger partial charge < -0.3 is 5.11 Å². The van der Waals surface area contributed by atoms with Crippen molar-refractivity contribution in [2.24, 2.45) is 0 Å². The summed E-state index contributed by atoms with van der Waals surface area (Å²) < 4.78 is 0. The second kappa shape index (κ2) is 3.54. The third-order valence-electron chi connectivity index (χ3n) is 1.79. The molecule has 60 valence electrons. The Labute approximate surface area is 67.7 Å². The van der Waals surface area contributed by atoms with Crippen LogP contribution in [0.5, 0.6) is 0 Å². The molecular formula is C10H14O. The van der Waals surface area contributed by atoms with E-state index in [-0.39, 0.29) is 6.61 Å². The smallest absolute Gasteiger partial charge is 0.0682 e. The molecule has 0 saturated carbocycles. The molecule has 0 bridgehead atoms. The van der Waals surface area contributed by atoms with Crippen molar-refractivity contribution in [3.8, 4) is 0 Å². The molecule has 0 radical (unpaired) electrons. The molecule has 1 nitrogen and oxygen atoms in total. The van der Waals surface area contributed by atoms with E-state index in [9.17, 15) is 0 Å². The predicted octanol–water partition coefficient (Wildman–Crippen LogP) is 2.05. The molecule has 0 aliphatic rings. The van der Waals surface area contributed by atoms with Crippen LogP contribution in [0.15, 0.2) is 18.2 Å². The zero-order valence-corrected chi connectivity index (χ0v) is 7.09. The van der Waals surface area contributed by atoms with Crippen molar-refractivity contribution in [1.29, 1.82) is 0 Å². The Kier molecular flexibility index (Phi) is 2.66. The SMILES string of the molecule is CCc1cc(C)cc(CO)c1. The molecule has 1 aromatic rings. The first-order valence-electron chi connectivity index (χ1n) is 3.96. The molecule has 0 heterocycles. The molecule has 0 aliphatic carbocycles. The normalized spacial score (nSPS) is 10.1. The zero-order chi connectivity index (χ0) is 8.27. The summed E-state index contributed by atoms with van der Waals surface area (Å²) in [6.07, 6.45) is 1.04. The number of aliphatic hydroxyl groups excluding tert-OH is 1. The third kappa shape index (κ3) is 2.05. The van der Waals surface area contributed by atoms with Crippen molar-refractivity contribution in [1.82, 2.24) is 0 Å². The van der Waals surface area contributed by atoms with Crippen LogP contribution in [0.1, 0.15) is 23.6 Å². The Morgan fingerprint density at radius 2 is 1.82 bits per heavy atom. The quantitative estimate of drug-likeness (QED) is 0.684. The van der Waals surface area contributed by atoms with Gasteiger partial charge >= 0.3 is 0 Å². The van der Waals surface area contributed by atoms with Gasteiger partial charge in [0, 0.05) is 0 Å². The van der Waals surface area contributed by atoms with Crippen LogP contribution in [-0.4, -0.2) is 5.11 Å². The van der Waals surface area contributed by atoms with Crippen LogP contribution in [0.3, 0.4) is 0 Å². The van der Waals surface area contributed by atoms with Crippen LogP contribution < -0.4 is 0 Å². The number of hydrogen-bond acceptors (Lipinski definition) is 1. The lowest BCUT2D eigenvalue weighted by atomic mass is 10.1. The van der Waals surface area contributed by atoms with Crippen LogP contribution in [0.4, 0.5) is 0 Å². The molecule has 0 amide bonds. The largest absolute Gasteiger partial charge is 0.392 e. The van der Waals surface area contributed by atoms with Gasteiger partial charge in [-0.25, -0.2) is 0 Å². The molecule has 0 fully saturated rings. The second-order valence-corrected chi connectivity index (χ2v) is 2.84. The van der Waals surface area contributed by atoms with E-state index in [0.717, 1.165) is 12.0 Å². The molecule has 0 spiro atoms. The van der Waals surface area contributed by atoms with Gasteiger partial charge in [-0.2, -0.15) is 0 Å². The summed E-state index contributed by atoms with van der Waals surface area (Å²) in [5.41, 5.74) is 3.55. The lowest BCUT2D eigenvalue weighted by molar-refractivity contribution is 0.281. The maximum absolute atomic E-state index is 8.88. The van der Waals surface area contributed by atoms with Gasteiger partial charge in [-0.1, -0.05) is 30.7 Å². The Morgan fingerprint density at radius 3 is 2.36 bits per heavy atom. The summed E-state index contributed by atoms with van der Waals surface area (Å²) in [7, 11) is 0. The Bertz CT molecular complexity index is 218. The highest BCUT2D eigenvalue weighted by Crippen LogP contribution is 2.09. The van der Waals surface area contributed by atoms with E-state index in [2.05, 4.69) is 19.9 Å². The highest BCUT2D eigenvalue weighted by atomic mass is 16.3. The van der Waals surface area contributed by atoms with E-state index in [1.54, 1.807) is 0 Å². The Balaban J connectivity index is 3.02. The van der Waals surface area contributed by atoms with Crippen molar-refractivity contribution in [3.63, 3.8) is 0 Å². The average Bonchev–Trinajstić information content (AvgIpc) is 2.03. The highest BCUT2D eigenvalue weighted by molar-refractivity contribution is 5.28. The Morgan fingerprint density at radius 1 is 1.18 bits per heavy atom. The highest BCUT2D eigenvalue weighted by Gasteiger charge is 1.94. The van der Waals surface area contributed by atoms with Crippen molar-refractivity contribution in [2.45, 2.75) is 26.9 Å². The fraction of sp³-hybridized carbons (Fsp3) is 0.400. The number of aryl methyl sites for hydroxylation is 2. The van der Waals surface area contributed by atoms with Crippen LogP contribution in [0, 0.1) is 6.92 Å². The predicted molar refractivity (Wildman–Crippen MR) is 46.5 cm³/mol. The summed E-state index contributed by atoms with van der Waals surface area (Å²) in [5, 5.41) is 8.88. The minimum atomic E-state index is 0.147. The minimum absolute atomic E-state index is 0.147. The van der Waals surface area contributed by atoms with Gasteiger partial charge in [0.1, 0.15) is 0 Å². The number of benzene rings is 1. The van der Waals surface area contributed by atoms with Gasteiger partial charge in [-0.3, -0.25) is 0 Å². The summed E-state index contributed by atoms with van der Waals surface area (Å²) >= 11 is 0. The van der Waals surface area contributed by atoms with Gasteiger partial charge in [0.2, 0.25) is 0 Å². The summed E-state index contributed by atoms with van der Waals surface area (Å²) in [6, 6.07) is 6.21. The lowest BCUT2D eigenvalue weighted by Crippen LogP contribution is -1.88. The minimum Gasteiger partial charge on any atom is -0.392 e. The van der Waals surface area contributed by atoms with E-state index in [1.807, 2.05) is 12.1 Å². The van der Waals surface area contributed by atoms with Gasteiger partial charge in [-0.05, 0) is 24.5 Å². The molecule has 0 atom stereocenters. The van der Waals surface area contributed by atoms with E-state index in [0.29, 0.717) is 0 Å². The first-order chi connectivity index (χ1) is 5.26. The first-order valence-corrected chi connectivity index (χ1v) is 3.96. The molecule has 1 rings (SSSR count). The fourth-order valence-electron chi connectivity index (χ4n) is 1.24. The summed E-state index contributed by atoms with van der Waals surface area (Å²) in [4.78, 5) is 0. The van der Waals surface area contributed by atoms with Crippen molar-refractivity contribution < 1.29 is 5.11 Å². The van der Waals surface area contributed by atoms with Crippen LogP contribution in [-0.2, 0) is 13.0 Å². The molecule has 0 saturated heterocycles. The zero-order valence-electron chi connectivity index (χ0n) is 7.09. The molecular weight excluding hydrogens is 136 g/mol. The van der Waals surface area contributed by atoms with Gasteiger partial charge in [0.25, 0.3) is 0 Å². The van der Waals surface area contributed by atoms with E-state index in [1.165, 1.54) is 11.1 Å². The molecule has 0 unspecified atom stereocenters. The maximum atomic E-state index is 8.88. The Hall–Kier alpha value is -0.820. The average molecular weight is 150 g/mol. The molecule has 1 heteroatoms. The monoisotopic (exact) mass is 150 g/mol. The van der Waals surface area contributed by atoms with Crippen LogP contribution in [0.25, 0.3) is 0 Å². The van der Waals surface area contributed by atoms with E-state index in [4.69, 9.17) is 5.11 Å². The molecule has 0 aliphatic heterocycles. The standard InChI is InChI=1S/C10H14O/c1-3-9-4-8(2)5-10(6-9)7-11/h4-6,11H,3,7H2,1-2H3. The number of aliphatic hydroxyl groups is 1. The summed E-state index contributed by atoms with van der Waals surface area (Å²) in [6.45, 7) is 4.32. The van der Waals surface area contributed by atoms with Crippen molar-refractivity contribution in [3.05, 3.63) is 34.9 Å². The van der Waals surface area contributed by atoms with Crippen LogP contribution >= 0.6 is 0 Å². The number of rotatable bonds is 2. The lowest BCUT2D eigenvalue weighted by Gasteiger charge is -2.02. The molecule has 1 N–H and O–H groups in total. The molecule has 1 aromatic carbocycles. The van der Waals surface area contributed by atoms with Crippen molar-refractivity contribution >= 4 is 0 Å². The first kappa shape index (κ1) is 8.28. The van der Waals surface area contributed by atoms with Crippen LogP contribution in [0.2, 0.25) is 0 Å².